The summed E-state index contributed by atoms with van der Waals surface area (Å²) in [5.41, 5.74) is 1.03. The van der Waals surface area contributed by atoms with E-state index in [1.54, 1.807) is 6.07 Å². The summed E-state index contributed by atoms with van der Waals surface area (Å²) >= 11 is 12.4. The van der Waals surface area contributed by atoms with Gasteiger partial charge < -0.3 is 5.11 Å². The summed E-state index contributed by atoms with van der Waals surface area (Å²) in [6.45, 7) is 4.35. The molecule has 0 radical (unpaired) electrons. The van der Waals surface area contributed by atoms with Crippen LogP contribution in [-0.4, -0.2) is 29.7 Å². The van der Waals surface area contributed by atoms with Crippen molar-refractivity contribution in [1.29, 1.82) is 0 Å². The maximum atomic E-state index is 9.48. The van der Waals surface area contributed by atoms with E-state index in [4.69, 9.17) is 23.2 Å². The Morgan fingerprint density at radius 1 is 1.28 bits per heavy atom. The maximum Gasteiger partial charge on any atom is 0.0640 e. The second-order valence-corrected chi connectivity index (χ2v) is 5.78. The van der Waals surface area contributed by atoms with Gasteiger partial charge in [-0.15, -0.1) is 0 Å². The number of hydrogen-bond donors (Lipinski definition) is 1. The van der Waals surface area contributed by atoms with Gasteiger partial charge in [0.25, 0.3) is 0 Å². The molecule has 2 rings (SSSR count). The van der Waals surface area contributed by atoms with Gasteiger partial charge in [-0.05, 0) is 43.5 Å². The molecule has 2 atom stereocenters. The number of benzene rings is 1. The van der Waals surface area contributed by atoms with Crippen LogP contribution in [0.1, 0.15) is 31.4 Å². The molecule has 2 nitrogen and oxygen atoms in total. The predicted molar refractivity (Wildman–Crippen MR) is 76.3 cm³/mol. The minimum Gasteiger partial charge on any atom is -0.396 e. The summed E-state index contributed by atoms with van der Waals surface area (Å²) in [5.74, 6) is 0.152. The Bertz CT molecular complexity index is 405. The molecular formula is C14H19Cl2NO. The minimum absolute atomic E-state index is 0.152. The molecule has 1 saturated heterocycles. The highest BCUT2D eigenvalue weighted by Gasteiger charge is 2.29. The average Bonchev–Trinajstić information content (AvgIpc) is 2.88. The van der Waals surface area contributed by atoms with E-state index in [9.17, 15) is 5.11 Å². The molecule has 0 spiro atoms. The first-order valence-corrected chi connectivity index (χ1v) is 7.19. The van der Waals surface area contributed by atoms with Crippen molar-refractivity contribution in [3.05, 3.63) is 33.8 Å². The van der Waals surface area contributed by atoms with E-state index in [1.807, 2.05) is 12.1 Å². The quantitative estimate of drug-likeness (QED) is 0.912. The van der Waals surface area contributed by atoms with Crippen molar-refractivity contribution in [2.24, 2.45) is 5.92 Å². The van der Waals surface area contributed by atoms with Crippen LogP contribution in [0.5, 0.6) is 0 Å². The second-order valence-electron chi connectivity index (χ2n) is 4.99. The van der Waals surface area contributed by atoms with E-state index < -0.39 is 0 Å². The first kappa shape index (κ1) is 14.1. The molecule has 100 valence electrons. The third kappa shape index (κ3) is 2.83. The highest BCUT2D eigenvalue weighted by Crippen LogP contribution is 2.38. The molecule has 1 aromatic rings. The Morgan fingerprint density at radius 3 is 2.56 bits per heavy atom. The summed E-state index contributed by atoms with van der Waals surface area (Å²) in [6.07, 6.45) is 2.43. The summed E-state index contributed by atoms with van der Waals surface area (Å²) in [6, 6.07) is 5.90. The van der Waals surface area contributed by atoms with Gasteiger partial charge in [-0.1, -0.05) is 42.3 Å². The monoisotopic (exact) mass is 287 g/mol. The molecule has 1 aromatic carbocycles. The van der Waals surface area contributed by atoms with E-state index in [-0.39, 0.29) is 18.6 Å². The molecule has 0 saturated carbocycles. The topological polar surface area (TPSA) is 23.5 Å². The molecule has 4 heteroatoms. The fourth-order valence-corrected chi connectivity index (χ4v) is 3.15. The van der Waals surface area contributed by atoms with Gasteiger partial charge in [0.2, 0.25) is 0 Å². The van der Waals surface area contributed by atoms with Crippen LogP contribution >= 0.6 is 23.2 Å². The summed E-state index contributed by atoms with van der Waals surface area (Å²) in [5, 5.41) is 10.7. The largest absolute Gasteiger partial charge is 0.396 e. The summed E-state index contributed by atoms with van der Waals surface area (Å²) < 4.78 is 0. The van der Waals surface area contributed by atoms with Crippen LogP contribution < -0.4 is 0 Å². The molecule has 1 N–H and O–H groups in total. The first-order valence-electron chi connectivity index (χ1n) is 6.44. The number of halogens is 2. The molecule has 0 aliphatic carbocycles. The summed E-state index contributed by atoms with van der Waals surface area (Å²) in [7, 11) is 0. The third-order valence-electron chi connectivity index (χ3n) is 3.66. The number of aliphatic hydroxyl groups excluding tert-OH is 1. The molecule has 0 aromatic heterocycles. The molecular weight excluding hydrogens is 269 g/mol. The lowest BCUT2D eigenvalue weighted by molar-refractivity contribution is 0.126. The van der Waals surface area contributed by atoms with Gasteiger partial charge in [-0.3, -0.25) is 4.90 Å². The fraction of sp³-hybridized carbons (Fsp3) is 0.571. The van der Waals surface area contributed by atoms with Gasteiger partial charge in [0.1, 0.15) is 0 Å². The van der Waals surface area contributed by atoms with Gasteiger partial charge in [-0.25, -0.2) is 0 Å². The van der Waals surface area contributed by atoms with Gasteiger partial charge >= 0.3 is 0 Å². The molecule has 1 fully saturated rings. The van der Waals surface area contributed by atoms with Crippen LogP contribution in [0.4, 0.5) is 0 Å². The lowest BCUT2D eigenvalue weighted by Gasteiger charge is -2.33. The van der Waals surface area contributed by atoms with E-state index in [2.05, 4.69) is 11.8 Å². The van der Waals surface area contributed by atoms with Crippen molar-refractivity contribution < 1.29 is 5.11 Å². The Morgan fingerprint density at radius 2 is 1.94 bits per heavy atom. The number of rotatable bonds is 4. The van der Waals surface area contributed by atoms with E-state index in [0.717, 1.165) is 18.7 Å². The Kier molecular flexibility index (Phi) is 4.91. The Balaban J connectivity index is 2.35. The SMILES string of the molecule is CC(CO)C(c1cccc(Cl)c1Cl)N1CCCC1. The number of nitrogens with zero attached hydrogens (tertiary/aromatic N) is 1. The molecule has 0 amide bonds. The Hall–Kier alpha value is -0.280. The van der Waals surface area contributed by atoms with Crippen molar-refractivity contribution in [1.82, 2.24) is 4.90 Å². The maximum absolute atomic E-state index is 9.48. The second kappa shape index (κ2) is 6.25. The zero-order valence-electron chi connectivity index (χ0n) is 10.6. The van der Waals surface area contributed by atoms with Crippen molar-refractivity contribution in [3.8, 4) is 0 Å². The van der Waals surface area contributed by atoms with Gasteiger partial charge in [-0.2, -0.15) is 0 Å². The molecule has 2 unspecified atom stereocenters. The fourth-order valence-electron chi connectivity index (χ4n) is 2.73. The van der Waals surface area contributed by atoms with Gasteiger partial charge in [0, 0.05) is 12.6 Å². The number of aliphatic hydroxyl groups is 1. The van der Waals surface area contributed by atoms with Crippen molar-refractivity contribution in [2.75, 3.05) is 19.7 Å². The lowest BCUT2D eigenvalue weighted by Crippen LogP contribution is -2.32. The summed E-state index contributed by atoms with van der Waals surface area (Å²) in [4.78, 5) is 2.40. The molecule has 1 heterocycles. The standard InChI is InChI=1S/C14H19Cl2NO/c1-10(9-18)14(17-7-2-3-8-17)11-5-4-6-12(15)13(11)16/h4-6,10,14,18H,2-3,7-9H2,1H3. The Labute approximate surface area is 119 Å². The highest BCUT2D eigenvalue weighted by molar-refractivity contribution is 6.42. The van der Waals surface area contributed by atoms with E-state index in [0.29, 0.717) is 10.0 Å². The van der Waals surface area contributed by atoms with Gasteiger partial charge in [0.05, 0.1) is 10.0 Å². The zero-order chi connectivity index (χ0) is 13.1. The van der Waals surface area contributed by atoms with Crippen LogP contribution in [0.15, 0.2) is 18.2 Å². The smallest absolute Gasteiger partial charge is 0.0640 e. The first-order chi connectivity index (χ1) is 8.65. The van der Waals surface area contributed by atoms with Crippen LogP contribution in [0.2, 0.25) is 10.0 Å². The van der Waals surface area contributed by atoms with E-state index >= 15 is 0 Å². The normalized spacial score (nSPS) is 20.0. The van der Waals surface area contributed by atoms with Crippen molar-refractivity contribution >= 4 is 23.2 Å². The van der Waals surface area contributed by atoms with Gasteiger partial charge in [0.15, 0.2) is 0 Å². The number of likely N-dealkylation sites (tertiary alicyclic amines) is 1. The molecule has 1 aliphatic rings. The highest BCUT2D eigenvalue weighted by atomic mass is 35.5. The van der Waals surface area contributed by atoms with Crippen molar-refractivity contribution in [2.45, 2.75) is 25.8 Å². The van der Waals surface area contributed by atoms with E-state index in [1.165, 1.54) is 12.8 Å². The van der Waals surface area contributed by atoms with Crippen LogP contribution in [-0.2, 0) is 0 Å². The van der Waals surface area contributed by atoms with Crippen LogP contribution in [0.25, 0.3) is 0 Å². The van der Waals surface area contributed by atoms with Crippen molar-refractivity contribution in [3.63, 3.8) is 0 Å². The average molecular weight is 288 g/mol. The molecule has 18 heavy (non-hydrogen) atoms. The zero-order valence-corrected chi connectivity index (χ0v) is 12.1. The number of hydrogen-bond acceptors (Lipinski definition) is 2. The molecule has 1 aliphatic heterocycles. The van der Waals surface area contributed by atoms with Crippen LogP contribution in [0, 0.1) is 5.92 Å². The molecule has 0 bridgehead atoms. The third-order valence-corrected chi connectivity index (χ3v) is 4.49. The lowest BCUT2D eigenvalue weighted by atomic mass is 9.93. The predicted octanol–water partition coefficient (Wildman–Crippen LogP) is 3.76. The minimum atomic E-state index is 0.152. The van der Waals surface area contributed by atoms with Crippen LogP contribution in [0.3, 0.4) is 0 Å².